The van der Waals surface area contributed by atoms with Crippen molar-refractivity contribution in [3.05, 3.63) is 52.1 Å². The van der Waals surface area contributed by atoms with E-state index in [9.17, 15) is 14.9 Å². The minimum absolute atomic E-state index is 0.0134. The zero-order valence-corrected chi connectivity index (χ0v) is 15.7. The Morgan fingerprint density at radius 1 is 1.11 bits per heavy atom. The van der Waals surface area contributed by atoms with Crippen LogP contribution in [-0.4, -0.2) is 29.7 Å². The summed E-state index contributed by atoms with van der Waals surface area (Å²) in [6, 6.07) is 9.37. The summed E-state index contributed by atoms with van der Waals surface area (Å²) >= 11 is 7.43. The molecule has 134 valence electrons. The van der Waals surface area contributed by atoms with Gasteiger partial charge in [0.05, 0.1) is 26.9 Å². The predicted octanol–water partition coefficient (Wildman–Crippen LogP) is 3.34. The van der Waals surface area contributed by atoms with Crippen molar-refractivity contribution in [3.8, 4) is 0 Å². The van der Waals surface area contributed by atoms with E-state index >= 15 is 0 Å². The fraction of sp³-hybridized carbons (Fsp3) is 0. The van der Waals surface area contributed by atoms with Crippen LogP contribution in [0.15, 0.2) is 36.4 Å². The van der Waals surface area contributed by atoms with Crippen LogP contribution in [0, 0.1) is 10.1 Å². The molecule has 0 spiro atoms. The van der Waals surface area contributed by atoms with E-state index < -0.39 is 4.92 Å². The van der Waals surface area contributed by atoms with Crippen molar-refractivity contribution in [3.63, 3.8) is 0 Å². The summed E-state index contributed by atoms with van der Waals surface area (Å²) in [7, 11) is 0. The molecule has 0 aliphatic rings. The second kappa shape index (κ2) is 6.90. The molecule has 0 radical (unpaired) electrons. The quantitative estimate of drug-likeness (QED) is 0.296. The summed E-state index contributed by atoms with van der Waals surface area (Å²) in [5.41, 5.74) is 2.35. The van der Waals surface area contributed by atoms with E-state index in [-0.39, 0.29) is 16.7 Å². The number of aromatic nitrogens is 3. The molecule has 2 heterocycles. The molecule has 0 unspecified atom stereocenters. The molecule has 2 aromatic heterocycles. The molecule has 4 rings (SSSR count). The number of non-ortho nitro benzene ring substituents is 1. The van der Waals surface area contributed by atoms with Crippen molar-refractivity contribution in [2.75, 3.05) is 5.32 Å². The molecule has 27 heavy (non-hydrogen) atoms. The molecular weight excluding hydrogens is 408 g/mol. The van der Waals surface area contributed by atoms with Crippen LogP contribution in [0.25, 0.3) is 21.3 Å². The summed E-state index contributed by atoms with van der Waals surface area (Å²) < 4.78 is 8.82. The van der Waals surface area contributed by atoms with Gasteiger partial charge in [-0.2, -0.15) is 8.75 Å². The first-order valence-corrected chi connectivity index (χ1v) is 9.35. The van der Waals surface area contributed by atoms with Gasteiger partial charge in [0.25, 0.3) is 11.6 Å². The van der Waals surface area contributed by atoms with Crippen LogP contribution >= 0.6 is 35.3 Å². The standard InChI is InChI=1S/C15H8N6O3S3/c22-13(7-1-3-9-11(5-7)20-27-19-9)17-14(25)18-15-16-10-4-2-8(21(23)24)6-12(10)26-15/h1-6H,(H2,16,17,18,22,25). The molecule has 2 N–H and O–H groups in total. The highest BCUT2D eigenvalue weighted by atomic mass is 32.1. The van der Waals surface area contributed by atoms with E-state index in [1.165, 1.54) is 23.5 Å². The molecule has 0 aliphatic heterocycles. The molecule has 0 bridgehead atoms. The van der Waals surface area contributed by atoms with E-state index in [0.29, 0.717) is 26.4 Å². The van der Waals surface area contributed by atoms with Crippen LogP contribution in [0.1, 0.15) is 10.4 Å². The van der Waals surface area contributed by atoms with Crippen molar-refractivity contribution in [2.24, 2.45) is 0 Å². The zero-order chi connectivity index (χ0) is 19.0. The minimum atomic E-state index is -0.466. The van der Waals surface area contributed by atoms with E-state index in [4.69, 9.17) is 12.2 Å². The Hall–Kier alpha value is -3.09. The third-order valence-corrected chi connectivity index (χ3v) is 5.24. The van der Waals surface area contributed by atoms with Gasteiger partial charge < -0.3 is 5.32 Å². The van der Waals surface area contributed by atoms with Crippen LogP contribution < -0.4 is 10.6 Å². The summed E-state index contributed by atoms with van der Waals surface area (Å²) in [6.07, 6.45) is 0. The lowest BCUT2D eigenvalue weighted by molar-refractivity contribution is -0.384. The van der Waals surface area contributed by atoms with Crippen LogP contribution in [-0.2, 0) is 0 Å². The molecule has 1 amide bonds. The van der Waals surface area contributed by atoms with Crippen LogP contribution in [0.5, 0.6) is 0 Å². The van der Waals surface area contributed by atoms with Gasteiger partial charge in [0.2, 0.25) is 0 Å². The monoisotopic (exact) mass is 416 g/mol. The Balaban J connectivity index is 1.47. The molecule has 4 aromatic rings. The first kappa shape index (κ1) is 17.3. The number of nitro benzene ring substituents is 1. The summed E-state index contributed by atoms with van der Waals surface area (Å²) in [5, 5.41) is 16.7. The number of hydrogen-bond donors (Lipinski definition) is 2. The number of thiazole rings is 1. The third kappa shape index (κ3) is 3.58. The number of nitrogens with zero attached hydrogens (tertiary/aromatic N) is 4. The smallest absolute Gasteiger partial charge is 0.270 e. The largest absolute Gasteiger partial charge is 0.308 e. The Morgan fingerprint density at radius 3 is 2.70 bits per heavy atom. The van der Waals surface area contributed by atoms with Gasteiger partial charge in [-0.25, -0.2) is 4.98 Å². The average molecular weight is 416 g/mol. The van der Waals surface area contributed by atoms with Crippen molar-refractivity contribution in [1.82, 2.24) is 19.0 Å². The lowest BCUT2D eigenvalue weighted by Crippen LogP contribution is -2.34. The molecule has 2 aromatic carbocycles. The van der Waals surface area contributed by atoms with E-state index in [0.717, 1.165) is 17.2 Å². The number of nitrogens with one attached hydrogen (secondary N) is 2. The van der Waals surface area contributed by atoms with Crippen molar-refractivity contribution in [2.45, 2.75) is 0 Å². The Bertz CT molecular complexity index is 1220. The fourth-order valence-electron chi connectivity index (χ4n) is 2.31. The summed E-state index contributed by atoms with van der Waals surface area (Å²) in [5.74, 6) is -0.390. The number of anilines is 1. The number of rotatable bonds is 3. The van der Waals surface area contributed by atoms with Gasteiger partial charge >= 0.3 is 0 Å². The molecule has 0 fully saturated rings. The van der Waals surface area contributed by atoms with Gasteiger partial charge in [0.15, 0.2) is 10.2 Å². The maximum absolute atomic E-state index is 12.3. The zero-order valence-electron chi connectivity index (χ0n) is 13.2. The highest BCUT2D eigenvalue weighted by Gasteiger charge is 2.13. The highest BCUT2D eigenvalue weighted by Crippen LogP contribution is 2.29. The number of fused-ring (bicyclic) bond motifs is 2. The van der Waals surface area contributed by atoms with Gasteiger partial charge in [-0.1, -0.05) is 11.3 Å². The second-order valence-corrected chi connectivity index (χ2v) is 7.27. The minimum Gasteiger partial charge on any atom is -0.308 e. The van der Waals surface area contributed by atoms with E-state index in [1.54, 1.807) is 24.3 Å². The van der Waals surface area contributed by atoms with E-state index in [2.05, 4.69) is 24.4 Å². The molecule has 0 aliphatic carbocycles. The van der Waals surface area contributed by atoms with Gasteiger partial charge in [-0.15, -0.1) is 0 Å². The number of hydrogen-bond acceptors (Lipinski definition) is 9. The summed E-state index contributed by atoms with van der Waals surface area (Å²) in [6.45, 7) is 0. The molecule has 9 nitrogen and oxygen atoms in total. The molecule has 12 heteroatoms. The van der Waals surface area contributed by atoms with Gasteiger partial charge in [-0.3, -0.25) is 20.2 Å². The van der Waals surface area contributed by atoms with Crippen molar-refractivity contribution >= 4 is 78.4 Å². The fourth-order valence-corrected chi connectivity index (χ4v) is 3.98. The van der Waals surface area contributed by atoms with Gasteiger partial charge in [0, 0.05) is 17.7 Å². The SMILES string of the molecule is O=C(NC(=S)Nc1nc2ccc([N+](=O)[O-])cc2s1)c1ccc2nsnc2c1. The lowest BCUT2D eigenvalue weighted by Gasteiger charge is -2.06. The predicted molar refractivity (Wildman–Crippen MR) is 107 cm³/mol. The molecule has 0 saturated heterocycles. The number of benzene rings is 2. The second-order valence-electron chi connectivity index (χ2n) is 5.30. The number of thiocarbonyl (C=S) groups is 1. The molecular formula is C15H8N6O3S3. The lowest BCUT2D eigenvalue weighted by atomic mass is 10.2. The van der Waals surface area contributed by atoms with Crippen LogP contribution in [0.2, 0.25) is 0 Å². The van der Waals surface area contributed by atoms with E-state index in [1.807, 2.05) is 0 Å². The Labute approximate surface area is 164 Å². The number of carbonyl (C=O) groups is 1. The topological polar surface area (TPSA) is 123 Å². The van der Waals surface area contributed by atoms with Gasteiger partial charge in [-0.05, 0) is 36.5 Å². The number of amides is 1. The third-order valence-electron chi connectivity index (χ3n) is 3.55. The Kier molecular flexibility index (Phi) is 4.43. The van der Waals surface area contributed by atoms with Crippen molar-refractivity contribution in [1.29, 1.82) is 0 Å². The molecule has 0 saturated carbocycles. The van der Waals surface area contributed by atoms with Crippen LogP contribution in [0.4, 0.5) is 10.8 Å². The Morgan fingerprint density at radius 2 is 1.89 bits per heavy atom. The van der Waals surface area contributed by atoms with Crippen LogP contribution in [0.3, 0.4) is 0 Å². The normalized spacial score (nSPS) is 10.8. The first-order chi connectivity index (χ1) is 13.0. The van der Waals surface area contributed by atoms with Gasteiger partial charge in [0.1, 0.15) is 11.0 Å². The maximum Gasteiger partial charge on any atom is 0.270 e. The maximum atomic E-state index is 12.3. The highest BCUT2D eigenvalue weighted by molar-refractivity contribution is 7.80. The number of nitro groups is 1. The molecule has 0 atom stereocenters. The summed E-state index contributed by atoms with van der Waals surface area (Å²) in [4.78, 5) is 27.0. The first-order valence-electron chi connectivity index (χ1n) is 7.39. The van der Waals surface area contributed by atoms with Crippen molar-refractivity contribution < 1.29 is 9.72 Å². The average Bonchev–Trinajstić information content (AvgIpc) is 3.25. The number of carbonyl (C=O) groups excluding carboxylic acids is 1.